The molecule has 2 aliphatic rings. The SMILES string of the molecule is O=C1Nc2cc3[nH]nc(-c4ccnc(C5CC5)c4)c3cc2CC(Cc2ccccc2)O1. The third kappa shape index (κ3) is 3.54. The Morgan fingerprint density at radius 3 is 2.77 bits per heavy atom. The standard InChI is InChI=1S/C25H22N4O2/c30-25-27-22-14-23-20(12-18(22)11-19(31-25)10-15-4-2-1-3-5-15)24(29-28-23)17-8-9-26-21(13-17)16-6-7-16/h1-5,8-9,12-14,16,19H,6-7,10-11H2,(H,27,30)(H,28,29). The summed E-state index contributed by atoms with van der Waals surface area (Å²) in [6, 6.07) is 18.4. The topological polar surface area (TPSA) is 79.9 Å². The fourth-order valence-corrected chi connectivity index (χ4v) is 4.38. The van der Waals surface area contributed by atoms with Gasteiger partial charge in [-0.25, -0.2) is 4.79 Å². The summed E-state index contributed by atoms with van der Waals surface area (Å²) in [5, 5.41) is 11.7. The van der Waals surface area contributed by atoms with Crippen LogP contribution in [0.1, 0.15) is 35.6 Å². The number of nitrogens with zero attached hydrogens (tertiary/aromatic N) is 2. The monoisotopic (exact) mass is 410 g/mol. The number of benzene rings is 2. The molecular weight excluding hydrogens is 388 g/mol. The van der Waals surface area contributed by atoms with Crippen molar-refractivity contribution in [3.05, 3.63) is 77.6 Å². The van der Waals surface area contributed by atoms with E-state index < -0.39 is 6.09 Å². The number of aromatic nitrogens is 3. The van der Waals surface area contributed by atoms with Crippen molar-refractivity contribution in [3.63, 3.8) is 0 Å². The van der Waals surface area contributed by atoms with E-state index in [0.29, 0.717) is 18.8 Å². The highest BCUT2D eigenvalue weighted by atomic mass is 16.6. The number of hydrogen-bond donors (Lipinski definition) is 2. The number of anilines is 1. The summed E-state index contributed by atoms with van der Waals surface area (Å²) in [4.78, 5) is 16.9. The van der Waals surface area contributed by atoms with Crippen molar-refractivity contribution < 1.29 is 9.53 Å². The minimum Gasteiger partial charge on any atom is -0.445 e. The Kier molecular flexibility index (Phi) is 4.23. The Morgan fingerprint density at radius 2 is 1.94 bits per heavy atom. The van der Waals surface area contributed by atoms with Crippen molar-refractivity contribution in [2.24, 2.45) is 0 Å². The number of ether oxygens (including phenoxy) is 1. The fraction of sp³-hybridized carbons (Fsp3) is 0.240. The number of fused-ring (bicyclic) bond motifs is 2. The summed E-state index contributed by atoms with van der Waals surface area (Å²) in [6.45, 7) is 0. The number of cyclic esters (lactones) is 1. The molecule has 2 aromatic heterocycles. The molecule has 0 spiro atoms. The predicted molar refractivity (Wildman–Crippen MR) is 119 cm³/mol. The highest BCUT2D eigenvalue weighted by Gasteiger charge is 2.26. The quantitative estimate of drug-likeness (QED) is 0.483. The lowest BCUT2D eigenvalue weighted by Crippen LogP contribution is -2.22. The third-order valence-corrected chi connectivity index (χ3v) is 6.10. The first-order valence-corrected chi connectivity index (χ1v) is 10.7. The largest absolute Gasteiger partial charge is 0.445 e. The smallest absolute Gasteiger partial charge is 0.411 e. The molecule has 1 atom stereocenters. The molecular formula is C25H22N4O2. The average Bonchev–Trinajstić information content (AvgIpc) is 3.57. The molecule has 6 nitrogen and oxygen atoms in total. The lowest BCUT2D eigenvalue weighted by Gasteiger charge is -2.14. The number of hydrogen-bond acceptors (Lipinski definition) is 4. The Hall–Kier alpha value is -3.67. The minimum atomic E-state index is -0.415. The van der Waals surface area contributed by atoms with Gasteiger partial charge in [-0.2, -0.15) is 5.10 Å². The van der Waals surface area contributed by atoms with Crippen LogP contribution in [-0.2, 0) is 17.6 Å². The van der Waals surface area contributed by atoms with Crippen LogP contribution in [0.2, 0.25) is 0 Å². The molecule has 2 N–H and O–H groups in total. The number of pyridine rings is 1. The molecule has 1 amide bonds. The molecule has 1 fully saturated rings. The van der Waals surface area contributed by atoms with E-state index in [1.54, 1.807) is 0 Å². The van der Waals surface area contributed by atoms with E-state index in [-0.39, 0.29) is 6.10 Å². The van der Waals surface area contributed by atoms with Gasteiger partial charge in [-0.1, -0.05) is 30.3 Å². The molecule has 6 heteroatoms. The molecule has 1 unspecified atom stereocenters. The third-order valence-electron chi connectivity index (χ3n) is 6.10. The van der Waals surface area contributed by atoms with Gasteiger partial charge in [-0.15, -0.1) is 0 Å². The normalized spacial score (nSPS) is 18.2. The summed E-state index contributed by atoms with van der Waals surface area (Å²) >= 11 is 0. The van der Waals surface area contributed by atoms with Crippen molar-refractivity contribution in [3.8, 4) is 11.3 Å². The van der Waals surface area contributed by atoms with Crippen molar-refractivity contribution in [1.82, 2.24) is 15.2 Å². The number of carbonyl (C=O) groups is 1. The van der Waals surface area contributed by atoms with Crippen molar-refractivity contribution in [2.75, 3.05) is 5.32 Å². The summed E-state index contributed by atoms with van der Waals surface area (Å²) in [5.74, 6) is 0.590. The maximum absolute atomic E-state index is 12.4. The summed E-state index contributed by atoms with van der Waals surface area (Å²) in [7, 11) is 0. The zero-order valence-corrected chi connectivity index (χ0v) is 17.0. The highest BCUT2D eigenvalue weighted by Crippen LogP contribution is 2.40. The van der Waals surface area contributed by atoms with Gasteiger partial charge < -0.3 is 4.74 Å². The molecule has 0 saturated heterocycles. The van der Waals surface area contributed by atoms with Gasteiger partial charge in [0.1, 0.15) is 11.8 Å². The zero-order valence-electron chi connectivity index (χ0n) is 17.0. The lowest BCUT2D eigenvalue weighted by molar-refractivity contribution is 0.113. The Morgan fingerprint density at radius 1 is 1.06 bits per heavy atom. The van der Waals surface area contributed by atoms with Gasteiger partial charge in [0, 0.05) is 47.3 Å². The van der Waals surface area contributed by atoms with E-state index in [2.05, 4.69) is 44.8 Å². The number of nitrogens with one attached hydrogen (secondary N) is 2. The highest BCUT2D eigenvalue weighted by molar-refractivity contribution is 5.98. The van der Waals surface area contributed by atoms with Gasteiger partial charge in [0.05, 0.1) is 5.52 Å². The Labute approximate surface area is 179 Å². The molecule has 154 valence electrons. The minimum absolute atomic E-state index is 0.223. The maximum Gasteiger partial charge on any atom is 0.411 e. The van der Waals surface area contributed by atoms with Crippen LogP contribution < -0.4 is 5.32 Å². The number of H-pyrrole nitrogens is 1. The van der Waals surface area contributed by atoms with Crippen LogP contribution in [-0.4, -0.2) is 27.4 Å². The van der Waals surface area contributed by atoms with E-state index in [1.165, 1.54) is 12.8 Å². The first-order chi connectivity index (χ1) is 15.2. The van der Waals surface area contributed by atoms with E-state index >= 15 is 0 Å². The summed E-state index contributed by atoms with van der Waals surface area (Å²) < 4.78 is 5.68. The number of amides is 1. The average molecular weight is 410 g/mol. The van der Waals surface area contributed by atoms with Crippen molar-refractivity contribution in [1.29, 1.82) is 0 Å². The van der Waals surface area contributed by atoms with E-state index in [4.69, 9.17) is 4.74 Å². The van der Waals surface area contributed by atoms with Gasteiger partial charge in [0.15, 0.2) is 0 Å². The van der Waals surface area contributed by atoms with Gasteiger partial charge in [-0.05, 0) is 48.2 Å². The second kappa shape index (κ2) is 7.23. The van der Waals surface area contributed by atoms with Gasteiger partial charge in [0.25, 0.3) is 0 Å². The first kappa shape index (κ1) is 18.1. The fourth-order valence-electron chi connectivity index (χ4n) is 4.38. The van der Waals surface area contributed by atoms with E-state index in [0.717, 1.165) is 44.7 Å². The van der Waals surface area contributed by atoms with E-state index in [1.807, 2.05) is 36.5 Å². The molecule has 1 aliphatic heterocycles. The van der Waals surface area contributed by atoms with Crippen LogP contribution in [0.4, 0.5) is 10.5 Å². The van der Waals surface area contributed by atoms with Crippen LogP contribution in [0, 0.1) is 0 Å². The molecule has 0 radical (unpaired) electrons. The summed E-state index contributed by atoms with van der Waals surface area (Å²) in [5.41, 5.74) is 7.00. The summed E-state index contributed by atoms with van der Waals surface area (Å²) in [6.07, 6.45) is 4.99. The van der Waals surface area contributed by atoms with Crippen LogP contribution in [0.15, 0.2) is 60.8 Å². The Bertz CT molecular complexity index is 1280. The first-order valence-electron chi connectivity index (χ1n) is 10.7. The van der Waals surface area contributed by atoms with Crippen LogP contribution in [0.3, 0.4) is 0 Å². The number of aromatic amines is 1. The Balaban J connectivity index is 1.38. The van der Waals surface area contributed by atoms with Crippen molar-refractivity contribution >= 4 is 22.7 Å². The van der Waals surface area contributed by atoms with Gasteiger partial charge in [-0.3, -0.25) is 15.4 Å². The zero-order chi connectivity index (χ0) is 20.8. The molecule has 1 saturated carbocycles. The molecule has 3 heterocycles. The van der Waals surface area contributed by atoms with Crippen LogP contribution >= 0.6 is 0 Å². The molecule has 4 aromatic rings. The molecule has 6 rings (SSSR count). The number of rotatable bonds is 4. The molecule has 1 aliphatic carbocycles. The van der Waals surface area contributed by atoms with Crippen LogP contribution in [0.25, 0.3) is 22.2 Å². The van der Waals surface area contributed by atoms with E-state index in [9.17, 15) is 4.79 Å². The maximum atomic E-state index is 12.4. The lowest BCUT2D eigenvalue weighted by atomic mass is 9.98. The van der Waals surface area contributed by atoms with Crippen LogP contribution in [0.5, 0.6) is 0 Å². The van der Waals surface area contributed by atoms with Crippen molar-refractivity contribution in [2.45, 2.75) is 37.7 Å². The second-order valence-corrected chi connectivity index (χ2v) is 8.42. The molecule has 0 bridgehead atoms. The number of carbonyl (C=O) groups excluding carboxylic acids is 1. The molecule has 2 aromatic carbocycles. The predicted octanol–water partition coefficient (Wildman–Crippen LogP) is 5.22. The van der Waals surface area contributed by atoms with Gasteiger partial charge in [0.2, 0.25) is 0 Å². The second-order valence-electron chi connectivity index (χ2n) is 8.42. The van der Waals surface area contributed by atoms with Gasteiger partial charge >= 0.3 is 6.09 Å². The molecule has 31 heavy (non-hydrogen) atoms.